The molecule has 1 aromatic carbocycles. The molecule has 5 nitrogen and oxygen atoms in total. The highest BCUT2D eigenvalue weighted by Gasteiger charge is 2.41. The average Bonchev–Trinajstić information content (AvgIpc) is 2.82. The van der Waals surface area contributed by atoms with Gasteiger partial charge in [-0.2, -0.15) is 0 Å². The molecular formula is C19H28N2O3S. The fourth-order valence-electron chi connectivity index (χ4n) is 3.82. The molecule has 138 valence electrons. The zero-order valence-corrected chi connectivity index (χ0v) is 15.9. The van der Waals surface area contributed by atoms with E-state index in [9.17, 15) is 13.2 Å². The van der Waals surface area contributed by atoms with E-state index in [4.69, 9.17) is 0 Å². The van der Waals surface area contributed by atoms with Crippen LogP contribution in [0.3, 0.4) is 0 Å². The van der Waals surface area contributed by atoms with Crippen molar-refractivity contribution in [1.82, 2.24) is 10.2 Å². The van der Waals surface area contributed by atoms with Gasteiger partial charge >= 0.3 is 0 Å². The zero-order chi connectivity index (χ0) is 18.1. The quantitative estimate of drug-likeness (QED) is 0.885. The lowest BCUT2D eigenvalue weighted by atomic mass is 9.79. The number of carbonyl (C=O) groups excluding carboxylic acids is 1. The number of hydrogen-bond acceptors (Lipinski definition) is 4. The Morgan fingerprint density at radius 1 is 1.20 bits per heavy atom. The summed E-state index contributed by atoms with van der Waals surface area (Å²) < 4.78 is 23.5. The van der Waals surface area contributed by atoms with E-state index in [2.05, 4.69) is 22.3 Å². The van der Waals surface area contributed by atoms with Crippen molar-refractivity contribution in [2.24, 2.45) is 11.3 Å². The number of likely N-dealkylation sites (tertiary alicyclic amines) is 1. The molecule has 2 heterocycles. The Hall–Kier alpha value is -1.40. The number of benzene rings is 1. The molecule has 2 aliphatic heterocycles. The first-order valence-corrected chi connectivity index (χ1v) is 10.9. The fourth-order valence-corrected chi connectivity index (χ4v) is 5.95. The maximum absolute atomic E-state index is 12.8. The summed E-state index contributed by atoms with van der Waals surface area (Å²) >= 11 is 0. The number of amides is 1. The molecule has 2 atom stereocenters. The molecule has 0 unspecified atom stereocenters. The van der Waals surface area contributed by atoms with Gasteiger partial charge in [0, 0.05) is 18.0 Å². The Morgan fingerprint density at radius 2 is 1.84 bits per heavy atom. The van der Waals surface area contributed by atoms with Crippen molar-refractivity contribution in [2.45, 2.75) is 39.3 Å². The highest BCUT2D eigenvalue weighted by Crippen LogP contribution is 2.32. The lowest BCUT2D eigenvalue weighted by molar-refractivity contribution is -0.133. The molecule has 0 spiro atoms. The number of hydrogen-bond donors (Lipinski definition) is 1. The van der Waals surface area contributed by atoms with Crippen molar-refractivity contribution in [3.63, 3.8) is 0 Å². The Labute approximate surface area is 150 Å². The van der Waals surface area contributed by atoms with Gasteiger partial charge in [0.2, 0.25) is 5.91 Å². The molecule has 0 aliphatic carbocycles. The van der Waals surface area contributed by atoms with Crippen LogP contribution in [0.15, 0.2) is 30.3 Å². The minimum absolute atomic E-state index is 0.00396. The zero-order valence-electron chi connectivity index (χ0n) is 15.1. The van der Waals surface area contributed by atoms with Gasteiger partial charge in [-0.05, 0) is 37.4 Å². The second kappa shape index (κ2) is 7.08. The smallest absolute Gasteiger partial charge is 0.226 e. The standard InChI is InChI=1S/C19H28N2O3S/c1-15-13-25(23,24)14-17(15)20-18(22)19(2)8-10-21(11-9-19)12-16-6-4-3-5-7-16/h3-7,15,17H,8-14H2,1-2H3,(H,20,22)/t15-,17+/m0/s1. The molecule has 25 heavy (non-hydrogen) atoms. The van der Waals surface area contributed by atoms with Crippen LogP contribution < -0.4 is 5.32 Å². The molecular weight excluding hydrogens is 336 g/mol. The third kappa shape index (κ3) is 4.42. The van der Waals surface area contributed by atoms with E-state index in [1.165, 1.54) is 5.56 Å². The second-order valence-electron chi connectivity index (χ2n) is 7.96. The van der Waals surface area contributed by atoms with E-state index < -0.39 is 15.3 Å². The van der Waals surface area contributed by atoms with Gasteiger partial charge in [-0.3, -0.25) is 9.69 Å². The minimum Gasteiger partial charge on any atom is -0.352 e. The fraction of sp³-hybridized carbons (Fsp3) is 0.632. The predicted molar refractivity (Wildman–Crippen MR) is 98.8 cm³/mol. The molecule has 0 aromatic heterocycles. The van der Waals surface area contributed by atoms with Crippen LogP contribution >= 0.6 is 0 Å². The molecule has 2 aliphatic rings. The van der Waals surface area contributed by atoms with E-state index in [0.717, 1.165) is 32.5 Å². The van der Waals surface area contributed by atoms with Gasteiger partial charge in [0.25, 0.3) is 0 Å². The second-order valence-corrected chi connectivity index (χ2v) is 10.1. The van der Waals surface area contributed by atoms with E-state index >= 15 is 0 Å². The van der Waals surface area contributed by atoms with Crippen molar-refractivity contribution in [3.8, 4) is 0 Å². The van der Waals surface area contributed by atoms with E-state index in [1.54, 1.807) is 0 Å². The molecule has 1 amide bonds. The van der Waals surface area contributed by atoms with E-state index in [1.807, 2.05) is 32.0 Å². The van der Waals surface area contributed by atoms with Gasteiger partial charge in [0.05, 0.1) is 11.5 Å². The third-order valence-corrected chi connectivity index (χ3v) is 7.61. The summed E-state index contributed by atoms with van der Waals surface area (Å²) in [6.07, 6.45) is 1.61. The van der Waals surface area contributed by atoms with Crippen LogP contribution in [0.2, 0.25) is 0 Å². The van der Waals surface area contributed by atoms with Gasteiger partial charge in [-0.25, -0.2) is 8.42 Å². The molecule has 1 aromatic rings. The lowest BCUT2D eigenvalue weighted by Crippen LogP contribution is -2.51. The number of rotatable bonds is 4. The Morgan fingerprint density at radius 3 is 2.40 bits per heavy atom. The van der Waals surface area contributed by atoms with Gasteiger partial charge < -0.3 is 5.32 Å². The summed E-state index contributed by atoms with van der Waals surface area (Å²) in [5.41, 5.74) is 0.889. The van der Waals surface area contributed by atoms with Crippen molar-refractivity contribution < 1.29 is 13.2 Å². The summed E-state index contributed by atoms with van der Waals surface area (Å²) in [6, 6.07) is 10.1. The van der Waals surface area contributed by atoms with Crippen LogP contribution in [0, 0.1) is 11.3 Å². The maximum Gasteiger partial charge on any atom is 0.226 e. The summed E-state index contributed by atoms with van der Waals surface area (Å²) in [4.78, 5) is 15.2. The van der Waals surface area contributed by atoms with Crippen molar-refractivity contribution >= 4 is 15.7 Å². The Kier molecular flexibility index (Phi) is 5.21. The summed E-state index contributed by atoms with van der Waals surface area (Å²) in [7, 11) is -3.01. The SMILES string of the molecule is C[C@H]1CS(=O)(=O)C[C@H]1NC(=O)C1(C)CCN(Cc2ccccc2)CC1. The molecule has 6 heteroatoms. The number of nitrogens with zero attached hydrogens (tertiary/aromatic N) is 1. The van der Waals surface area contributed by atoms with Crippen molar-refractivity contribution in [3.05, 3.63) is 35.9 Å². The molecule has 3 rings (SSSR count). The van der Waals surface area contributed by atoms with Gasteiger partial charge in [0.15, 0.2) is 9.84 Å². The predicted octanol–water partition coefficient (Wildman–Crippen LogP) is 1.84. The van der Waals surface area contributed by atoms with Crippen LogP contribution in [0.4, 0.5) is 0 Å². The lowest BCUT2D eigenvalue weighted by Gasteiger charge is -2.39. The molecule has 0 radical (unpaired) electrons. The van der Waals surface area contributed by atoms with E-state index in [0.29, 0.717) is 0 Å². The van der Waals surface area contributed by atoms with Crippen LogP contribution in [0.5, 0.6) is 0 Å². The average molecular weight is 365 g/mol. The summed E-state index contributed by atoms with van der Waals surface area (Å²) in [5, 5.41) is 3.02. The normalized spacial score (nSPS) is 28.6. The largest absolute Gasteiger partial charge is 0.352 e. The van der Waals surface area contributed by atoms with Gasteiger partial charge in [0.1, 0.15) is 0 Å². The maximum atomic E-state index is 12.8. The Bertz CT molecular complexity index is 709. The van der Waals surface area contributed by atoms with Crippen LogP contribution in [0.25, 0.3) is 0 Å². The molecule has 0 saturated carbocycles. The highest BCUT2D eigenvalue weighted by molar-refractivity contribution is 7.91. The van der Waals surface area contributed by atoms with Crippen molar-refractivity contribution in [2.75, 3.05) is 24.6 Å². The first-order valence-electron chi connectivity index (χ1n) is 9.05. The summed E-state index contributed by atoms with van der Waals surface area (Å²) in [5.74, 6) is 0.270. The van der Waals surface area contributed by atoms with Gasteiger partial charge in [-0.15, -0.1) is 0 Å². The highest BCUT2D eigenvalue weighted by atomic mass is 32.2. The number of nitrogens with one attached hydrogen (secondary N) is 1. The van der Waals surface area contributed by atoms with Crippen molar-refractivity contribution in [1.29, 1.82) is 0 Å². The first kappa shape index (κ1) is 18.4. The number of piperidine rings is 1. The van der Waals surface area contributed by atoms with Crippen LogP contribution in [0.1, 0.15) is 32.3 Å². The summed E-state index contributed by atoms with van der Waals surface area (Å²) in [6.45, 7) is 6.60. The van der Waals surface area contributed by atoms with Crippen LogP contribution in [-0.4, -0.2) is 49.9 Å². The minimum atomic E-state index is -3.01. The third-order valence-electron chi connectivity index (χ3n) is 5.71. The molecule has 0 bridgehead atoms. The monoisotopic (exact) mass is 364 g/mol. The number of carbonyl (C=O) groups is 1. The number of sulfone groups is 1. The van der Waals surface area contributed by atoms with E-state index in [-0.39, 0.29) is 29.4 Å². The molecule has 1 N–H and O–H groups in total. The van der Waals surface area contributed by atoms with Crippen LogP contribution in [-0.2, 0) is 21.2 Å². The molecule has 2 saturated heterocycles. The topological polar surface area (TPSA) is 66.5 Å². The first-order chi connectivity index (χ1) is 11.8. The Balaban J connectivity index is 1.54. The molecule has 2 fully saturated rings. The van der Waals surface area contributed by atoms with Gasteiger partial charge in [-0.1, -0.05) is 44.2 Å².